The number of nitrogens with two attached hydrogens (primary N) is 1. The summed E-state index contributed by atoms with van der Waals surface area (Å²) in [7, 11) is 0. The predicted molar refractivity (Wildman–Crippen MR) is 45.6 cm³/mol. The van der Waals surface area contributed by atoms with Crippen LogP contribution in [0.1, 0.15) is 11.4 Å². The van der Waals surface area contributed by atoms with Gasteiger partial charge in [0.2, 0.25) is 0 Å². The summed E-state index contributed by atoms with van der Waals surface area (Å²) in [6.07, 6.45) is 1.74. The number of nitrogens with zero attached hydrogens (tertiary/aromatic N) is 4. The van der Waals surface area contributed by atoms with Crippen LogP contribution in [0.15, 0.2) is 18.3 Å². The minimum atomic E-state index is 0.284. The predicted octanol–water partition coefficient (Wildman–Crippen LogP) is 0.0597. The van der Waals surface area contributed by atoms with E-state index in [2.05, 4.69) is 10.1 Å². The molecule has 0 saturated carbocycles. The van der Waals surface area contributed by atoms with Gasteiger partial charge in [0, 0.05) is 6.20 Å². The van der Waals surface area contributed by atoms with Gasteiger partial charge in [-0.2, -0.15) is 5.26 Å². The molecular formula is C8H7N5. The average molecular weight is 173 g/mol. The van der Waals surface area contributed by atoms with E-state index in [-0.39, 0.29) is 6.54 Å². The summed E-state index contributed by atoms with van der Waals surface area (Å²) < 4.78 is 1.56. The molecule has 0 amide bonds. The second kappa shape index (κ2) is 2.84. The van der Waals surface area contributed by atoms with Crippen molar-refractivity contribution in [1.29, 1.82) is 5.26 Å². The first-order valence-corrected chi connectivity index (χ1v) is 3.79. The molecule has 2 heterocycles. The molecule has 2 rings (SSSR count). The van der Waals surface area contributed by atoms with Crippen LogP contribution in [0.5, 0.6) is 0 Å². The molecule has 2 aromatic rings. The Morgan fingerprint density at radius 2 is 2.46 bits per heavy atom. The smallest absolute Gasteiger partial charge is 0.173 e. The summed E-state index contributed by atoms with van der Waals surface area (Å²) in [5, 5.41) is 12.8. The average Bonchev–Trinajstić information content (AvgIpc) is 2.59. The van der Waals surface area contributed by atoms with Gasteiger partial charge in [0.15, 0.2) is 11.5 Å². The number of rotatable bonds is 1. The van der Waals surface area contributed by atoms with Crippen LogP contribution in [0.4, 0.5) is 0 Å². The summed E-state index contributed by atoms with van der Waals surface area (Å²) in [6, 6.07) is 5.49. The quantitative estimate of drug-likeness (QED) is 0.661. The molecule has 0 aromatic carbocycles. The molecule has 0 radical (unpaired) electrons. The van der Waals surface area contributed by atoms with Crippen molar-refractivity contribution in [2.45, 2.75) is 6.54 Å². The van der Waals surface area contributed by atoms with Crippen LogP contribution in [0.3, 0.4) is 0 Å². The maximum absolute atomic E-state index is 8.76. The van der Waals surface area contributed by atoms with Crippen molar-refractivity contribution in [2.75, 3.05) is 0 Å². The minimum Gasteiger partial charge on any atom is -0.324 e. The van der Waals surface area contributed by atoms with Crippen molar-refractivity contribution in [3.8, 4) is 6.07 Å². The van der Waals surface area contributed by atoms with E-state index >= 15 is 0 Å². The van der Waals surface area contributed by atoms with Gasteiger partial charge in [-0.1, -0.05) is 0 Å². The zero-order valence-electron chi connectivity index (χ0n) is 6.81. The molecule has 0 aliphatic rings. The van der Waals surface area contributed by atoms with Crippen LogP contribution < -0.4 is 5.73 Å². The fourth-order valence-electron chi connectivity index (χ4n) is 1.12. The normalized spacial score (nSPS) is 10.2. The molecular weight excluding hydrogens is 166 g/mol. The zero-order chi connectivity index (χ0) is 9.26. The number of hydrogen-bond donors (Lipinski definition) is 1. The Labute approximate surface area is 74.4 Å². The van der Waals surface area contributed by atoms with Crippen molar-refractivity contribution in [2.24, 2.45) is 5.73 Å². The van der Waals surface area contributed by atoms with Crippen molar-refractivity contribution >= 4 is 5.65 Å². The van der Waals surface area contributed by atoms with Crippen LogP contribution in [-0.4, -0.2) is 14.6 Å². The van der Waals surface area contributed by atoms with Gasteiger partial charge in [-0.15, -0.1) is 5.10 Å². The number of nitriles is 1. The van der Waals surface area contributed by atoms with Crippen LogP contribution in [0, 0.1) is 11.3 Å². The summed E-state index contributed by atoms with van der Waals surface area (Å²) in [5.74, 6) is 0.544. The second-order valence-corrected chi connectivity index (χ2v) is 2.53. The van der Waals surface area contributed by atoms with Crippen LogP contribution in [0.2, 0.25) is 0 Å². The Hall–Kier alpha value is -1.93. The SMILES string of the molecule is N#Cc1cccn2nc(CN)nc12. The maximum Gasteiger partial charge on any atom is 0.173 e. The van der Waals surface area contributed by atoms with Gasteiger partial charge >= 0.3 is 0 Å². The van der Waals surface area contributed by atoms with Crippen molar-refractivity contribution in [3.63, 3.8) is 0 Å². The fourth-order valence-corrected chi connectivity index (χ4v) is 1.12. The van der Waals surface area contributed by atoms with Gasteiger partial charge in [0.05, 0.1) is 12.1 Å². The first-order valence-electron chi connectivity index (χ1n) is 3.79. The molecule has 64 valence electrons. The maximum atomic E-state index is 8.76. The highest BCUT2D eigenvalue weighted by molar-refractivity contribution is 5.54. The van der Waals surface area contributed by atoms with Gasteiger partial charge < -0.3 is 5.73 Å². The van der Waals surface area contributed by atoms with Gasteiger partial charge in [-0.05, 0) is 12.1 Å². The van der Waals surface area contributed by atoms with E-state index in [1.165, 1.54) is 0 Å². The second-order valence-electron chi connectivity index (χ2n) is 2.53. The number of pyridine rings is 1. The molecule has 2 N–H and O–H groups in total. The van der Waals surface area contributed by atoms with E-state index in [4.69, 9.17) is 11.0 Å². The standard InChI is InChI=1S/C8H7N5/c9-4-6-2-1-3-13-8(6)11-7(5-10)12-13/h1-3H,5,10H2. The minimum absolute atomic E-state index is 0.284. The van der Waals surface area contributed by atoms with Crippen molar-refractivity contribution < 1.29 is 0 Å². The first kappa shape index (κ1) is 7.71. The van der Waals surface area contributed by atoms with Crippen LogP contribution in [0.25, 0.3) is 5.65 Å². The van der Waals surface area contributed by atoms with E-state index in [1.54, 1.807) is 22.8 Å². The molecule has 5 nitrogen and oxygen atoms in total. The molecule has 0 aliphatic heterocycles. The first-order chi connectivity index (χ1) is 6.35. The van der Waals surface area contributed by atoms with Gasteiger partial charge in [-0.25, -0.2) is 9.50 Å². The highest BCUT2D eigenvalue weighted by Crippen LogP contribution is 2.06. The molecule has 0 unspecified atom stereocenters. The Morgan fingerprint density at radius 3 is 3.15 bits per heavy atom. The lowest BCUT2D eigenvalue weighted by Crippen LogP contribution is -1.98. The molecule has 2 aromatic heterocycles. The molecule has 0 atom stereocenters. The lowest BCUT2D eigenvalue weighted by atomic mass is 10.3. The van der Waals surface area contributed by atoms with Gasteiger partial charge in [0.25, 0.3) is 0 Å². The Kier molecular flexibility index (Phi) is 1.69. The summed E-state index contributed by atoms with van der Waals surface area (Å²) in [4.78, 5) is 4.11. The number of aromatic nitrogens is 3. The van der Waals surface area contributed by atoms with E-state index in [9.17, 15) is 0 Å². The van der Waals surface area contributed by atoms with Gasteiger partial charge in [0.1, 0.15) is 6.07 Å². The summed E-state index contributed by atoms with van der Waals surface area (Å²) >= 11 is 0. The molecule has 0 bridgehead atoms. The van der Waals surface area contributed by atoms with Gasteiger partial charge in [-0.3, -0.25) is 0 Å². The Morgan fingerprint density at radius 1 is 1.62 bits per heavy atom. The summed E-state index contributed by atoms with van der Waals surface area (Å²) in [5.41, 5.74) is 6.45. The fraction of sp³-hybridized carbons (Fsp3) is 0.125. The van der Waals surface area contributed by atoms with E-state index in [1.807, 2.05) is 6.07 Å². The lowest BCUT2D eigenvalue weighted by Gasteiger charge is -1.90. The number of fused-ring (bicyclic) bond motifs is 1. The lowest BCUT2D eigenvalue weighted by molar-refractivity contribution is 0.869. The zero-order valence-corrected chi connectivity index (χ0v) is 6.81. The van der Waals surface area contributed by atoms with Crippen molar-refractivity contribution in [1.82, 2.24) is 14.6 Å². The highest BCUT2D eigenvalue weighted by atomic mass is 15.3. The molecule has 0 saturated heterocycles. The van der Waals surface area contributed by atoms with Crippen LogP contribution >= 0.6 is 0 Å². The Balaban J connectivity index is 2.76. The third kappa shape index (κ3) is 1.13. The highest BCUT2D eigenvalue weighted by Gasteiger charge is 2.04. The third-order valence-electron chi connectivity index (χ3n) is 1.71. The van der Waals surface area contributed by atoms with E-state index in [0.29, 0.717) is 17.0 Å². The van der Waals surface area contributed by atoms with Crippen LogP contribution in [-0.2, 0) is 6.54 Å². The molecule has 0 fully saturated rings. The summed E-state index contributed by atoms with van der Waals surface area (Å²) in [6.45, 7) is 0.284. The Bertz CT molecular complexity index is 479. The topological polar surface area (TPSA) is 80.0 Å². The molecule has 0 aliphatic carbocycles. The van der Waals surface area contributed by atoms with Crippen molar-refractivity contribution in [3.05, 3.63) is 29.7 Å². The largest absolute Gasteiger partial charge is 0.324 e. The molecule has 5 heteroatoms. The molecule has 0 spiro atoms. The monoisotopic (exact) mass is 173 g/mol. The van der Waals surface area contributed by atoms with E-state index < -0.39 is 0 Å². The van der Waals surface area contributed by atoms with E-state index in [0.717, 1.165) is 0 Å². The third-order valence-corrected chi connectivity index (χ3v) is 1.71. The molecule has 13 heavy (non-hydrogen) atoms. The number of hydrogen-bond acceptors (Lipinski definition) is 4.